The zero-order valence-electron chi connectivity index (χ0n) is 19.5. The minimum Gasteiger partial charge on any atom is -0.396 e. The topological polar surface area (TPSA) is 20.2 Å². The minimum absolute atomic E-state index is 0.233. The third-order valence-corrected chi connectivity index (χ3v) is 10.0. The van der Waals surface area contributed by atoms with E-state index in [1.807, 2.05) is 11.1 Å². The monoisotopic (exact) mass is 396 g/mol. The highest BCUT2D eigenvalue weighted by Gasteiger charge is 2.52. The third-order valence-electron chi connectivity index (χ3n) is 10.0. The van der Waals surface area contributed by atoms with Crippen LogP contribution in [0.4, 0.5) is 0 Å². The summed E-state index contributed by atoms with van der Waals surface area (Å²) in [6.07, 6.45) is 17.5. The Kier molecular flexibility index (Phi) is 5.93. The number of rotatable bonds is 6. The highest BCUT2D eigenvalue weighted by Crippen LogP contribution is 2.64. The molecule has 0 saturated heterocycles. The van der Waals surface area contributed by atoms with Crippen LogP contribution >= 0.6 is 0 Å². The molecule has 0 spiro atoms. The normalized spacial score (nSPS) is 38.6. The summed E-state index contributed by atoms with van der Waals surface area (Å²) in [6.45, 7) is 14.3. The van der Waals surface area contributed by atoms with Crippen molar-refractivity contribution in [3.8, 4) is 0 Å². The zero-order valence-corrected chi connectivity index (χ0v) is 19.5. The van der Waals surface area contributed by atoms with E-state index in [4.69, 9.17) is 0 Å². The number of hydrogen-bond donors (Lipinski definition) is 1. The van der Waals surface area contributed by atoms with Gasteiger partial charge in [0.05, 0.1) is 0 Å². The smallest absolute Gasteiger partial charge is 0.0493 e. The molecule has 0 aromatic rings. The fourth-order valence-corrected chi connectivity index (χ4v) is 7.77. The number of fused-ring (bicyclic) bond motifs is 4. The van der Waals surface area contributed by atoms with Gasteiger partial charge in [-0.3, -0.25) is 0 Å². The number of hydrogen-bond acceptors (Lipinski definition) is 1. The zero-order chi connectivity index (χ0) is 20.8. The highest BCUT2D eigenvalue weighted by molar-refractivity contribution is 5.49. The largest absolute Gasteiger partial charge is 0.396 e. The molecule has 0 amide bonds. The van der Waals surface area contributed by atoms with Gasteiger partial charge in [0.25, 0.3) is 0 Å². The lowest BCUT2D eigenvalue weighted by atomic mass is 9.52. The van der Waals surface area contributed by atoms with Gasteiger partial charge in [0.15, 0.2) is 0 Å². The number of aliphatic hydroxyl groups is 1. The van der Waals surface area contributed by atoms with Gasteiger partial charge in [0, 0.05) is 6.61 Å². The van der Waals surface area contributed by atoms with Crippen LogP contribution in [0.2, 0.25) is 0 Å². The van der Waals surface area contributed by atoms with Crippen LogP contribution in [0.3, 0.4) is 0 Å². The molecule has 29 heavy (non-hydrogen) atoms. The van der Waals surface area contributed by atoms with Crippen molar-refractivity contribution in [2.75, 3.05) is 6.61 Å². The summed E-state index contributed by atoms with van der Waals surface area (Å²) < 4.78 is 0. The van der Waals surface area contributed by atoms with E-state index in [2.05, 4.69) is 40.3 Å². The lowest BCUT2D eigenvalue weighted by Gasteiger charge is -2.53. The molecule has 0 heterocycles. The maximum Gasteiger partial charge on any atom is 0.0493 e. The van der Waals surface area contributed by atoms with Crippen molar-refractivity contribution in [1.82, 2.24) is 0 Å². The SMILES string of the molecule is C=C(CC[C@@H](C)[C@H]1CC=C2C3=C(CC[C@@]21C)[C@@]1(C)CCCCC1CC3)C(C)CO. The summed E-state index contributed by atoms with van der Waals surface area (Å²) in [7, 11) is 0. The molecule has 1 nitrogen and oxygen atoms in total. The maximum absolute atomic E-state index is 9.42. The van der Waals surface area contributed by atoms with Crippen molar-refractivity contribution >= 4 is 0 Å². The lowest BCUT2D eigenvalue weighted by molar-refractivity contribution is 0.107. The second kappa shape index (κ2) is 8.03. The van der Waals surface area contributed by atoms with E-state index in [9.17, 15) is 5.11 Å². The predicted octanol–water partition coefficient (Wildman–Crippen LogP) is 7.62. The van der Waals surface area contributed by atoms with Crippen molar-refractivity contribution in [2.24, 2.45) is 34.5 Å². The van der Waals surface area contributed by atoms with Gasteiger partial charge in [0.2, 0.25) is 0 Å². The van der Waals surface area contributed by atoms with Gasteiger partial charge in [-0.05, 0) is 103 Å². The lowest BCUT2D eigenvalue weighted by Crippen LogP contribution is -2.41. The molecule has 1 fully saturated rings. The standard InChI is InChI=1S/C28H44O/c1-19(21(3)18-29)9-10-20(2)24-13-14-25-23-12-11-22-8-6-7-16-27(22,4)26(23)15-17-28(24,25)5/h14,20-22,24,29H,1,6-13,15-18H2,2-5H3/t20-,21?,22?,24-,27+,28-/m1/s1. The van der Waals surface area contributed by atoms with Crippen molar-refractivity contribution in [3.05, 3.63) is 34.9 Å². The third kappa shape index (κ3) is 3.50. The molecule has 6 atom stereocenters. The van der Waals surface area contributed by atoms with Gasteiger partial charge in [-0.2, -0.15) is 0 Å². The summed E-state index contributed by atoms with van der Waals surface area (Å²) in [6, 6.07) is 0. The van der Waals surface area contributed by atoms with Gasteiger partial charge in [-0.15, -0.1) is 0 Å². The van der Waals surface area contributed by atoms with Crippen molar-refractivity contribution in [3.63, 3.8) is 0 Å². The average molecular weight is 397 g/mol. The van der Waals surface area contributed by atoms with Crippen LogP contribution in [0.15, 0.2) is 34.9 Å². The van der Waals surface area contributed by atoms with Gasteiger partial charge in [0.1, 0.15) is 0 Å². The molecule has 4 aliphatic rings. The first-order valence-corrected chi connectivity index (χ1v) is 12.5. The fraction of sp³-hybridized carbons (Fsp3) is 0.786. The fourth-order valence-electron chi connectivity index (χ4n) is 7.77. The van der Waals surface area contributed by atoms with Crippen LogP contribution in [0.5, 0.6) is 0 Å². The van der Waals surface area contributed by atoms with Gasteiger partial charge in [-0.25, -0.2) is 0 Å². The molecule has 0 aliphatic heterocycles. The van der Waals surface area contributed by atoms with Gasteiger partial charge < -0.3 is 5.11 Å². The Balaban J connectivity index is 1.51. The molecule has 1 heteroatoms. The Morgan fingerprint density at radius 2 is 1.93 bits per heavy atom. The highest BCUT2D eigenvalue weighted by atomic mass is 16.3. The molecule has 0 radical (unpaired) electrons. The van der Waals surface area contributed by atoms with E-state index in [1.165, 1.54) is 69.8 Å². The Hall–Kier alpha value is -0.820. The Labute approximate surface area is 179 Å². The van der Waals surface area contributed by atoms with Crippen molar-refractivity contribution in [1.29, 1.82) is 0 Å². The molecule has 0 aromatic carbocycles. The van der Waals surface area contributed by atoms with E-state index < -0.39 is 0 Å². The Bertz CT molecular complexity index is 712. The molecule has 2 unspecified atom stereocenters. The Morgan fingerprint density at radius 1 is 1.14 bits per heavy atom. The van der Waals surface area contributed by atoms with E-state index in [-0.39, 0.29) is 12.5 Å². The van der Waals surface area contributed by atoms with Crippen LogP contribution in [-0.4, -0.2) is 11.7 Å². The van der Waals surface area contributed by atoms with Crippen molar-refractivity contribution < 1.29 is 5.11 Å². The summed E-state index contributed by atoms with van der Waals surface area (Å²) in [4.78, 5) is 0. The summed E-state index contributed by atoms with van der Waals surface area (Å²) in [5, 5.41) is 9.42. The van der Waals surface area contributed by atoms with Crippen LogP contribution in [0.25, 0.3) is 0 Å². The molecule has 1 N–H and O–H groups in total. The van der Waals surface area contributed by atoms with E-state index >= 15 is 0 Å². The molecule has 4 aliphatic carbocycles. The maximum atomic E-state index is 9.42. The van der Waals surface area contributed by atoms with Crippen LogP contribution in [-0.2, 0) is 0 Å². The first-order chi connectivity index (χ1) is 13.8. The van der Waals surface area contributed by atoms with Gasteiger partial charge in [-0.1, -0.05) is 64.3 Å². The van der Waals surface area contributed by atoms with E-state index in [0.717, 1.165) is 24.2 Å². The molecule has 0 aromatic heterocycles. The van der Waals surface area contributed by atoms with Crippen LogP contribution in [0, 0.1) is 34.5 Å². The molecular weight excluding hydrogens is 352 g/mol. The van der Waals surface area contributed by atoms with Crippen LogP contribution in [0.1, 0.15) is 98.3 Å². The van der Waals surface area contributed by atoms with E-state index in [0.29, 0.717) is 10.8 Å². The minimum atomic E-state index is 0.233. The average Bonchev–Trinajstić information content (AvgIpc) is 3.08. The molecule has 162 valence electrons. The second-order valence-electron chi connectivity index (χ2n) is 11.5. The van der Waals surface area contributed by atoms with Gasteiger partial charge >= 0.3 is 0 Å². The predicted molar refractivity (Wildman–Crippen MR) is 124 cm³/mol. The van der Waals surface area contributed by atoms with Crippen molar-refractivity contribution in [2.45, 2.75) is 98.3 Å². The molecular formula is C28H44O. The summed E-state index contributed by atoms with van der Waals surface area (Å²) in [5.74, 6) is 2.69. The first kappa shape index (κ1) is 21.4. The molecule has 4 rings (SSSR count). The first-order valence-electron chi connectivity index (χ1n) is 12.5. The quantitative estimate of drug-likeness (QED) is 0.458. The summed E-state index contributed by atoms with van der Waals surface area (Å²) >= 11 is 0. The second-order valence-corrected chi connectivity index (χ2v) is 11.5. The molecule has 0 bridgehead atoms. The number of aliphatic hydroxyl groups excluding tert-OH is 1. The van der Waals surface area contributed by atoms with Crippen LogP contribution < -0.4 is 0 Å². The number of allylic oxidation sites excluding steroid dienone is 4. The van der Waals surface area contributed by atoms with E-state index in [1.54, 1.807) is 5.57 Å². The Morgan fingerprint density at radius 3 is 2.69 bits per heavy atom. The summed E-state index contributed by atoms with van der Waals surface area (Å²) in [5.41, 5.74) is 7.59. The molecule has 1 saturated carbocycles.